The van der Waals surface area contributed by atoms with Crippen LogP contribution in [-0.4, -0.2) is 38.3 Å². The molecular formula is C13H17N5O2. The fourth-order valence-electron chi connectivity index (χ4n) is 2.45. The Hall–Kier alpha value is -2.15. The van der Waals surface area contributed by atoms with Gasteiger partial charge in [0.05, 0.1) is 11.6 Å². The molecule has 0 bridgehead atoms. The SMILES string of the molecule is Cc1c(C(=O)N[C@H]2CCO[C@H]2c2ncn[nH]2)ccn1C. The molecule has 7 heteroatoms. The highest BCUT2D eigenvalue weighted by atomic mass is 16.5. The molecule has 1 saturated heterocycles. The second-order valence-corrected chi connectivity index (χ2v) is 4.96. The topological polar surface area (TPSA) is 84.8 Å². The third-order valence-corrected chi connectivity index (χ3v) is 3.74. The van der Waals surface area contributed by atoms with Crippen LogP contribution in [0.1, 0.15) is 34.4 Å². The summed E-state index contributed by atoms with van der Waals surface area (Å²) in [5, 5.41) is 9.64. The number of aryl methyl sites for hydroxylation is 1. The number of carbonyl (C=O) groups excluding carboxylic acids is 1. The summed E-state index contributed by atoms with van der Waals surface area (Å²) in [5.41, 5.74) is 1.63. The van der Waals surface area contributed by atoms with E-state index in [1.165, 1.54) is 6.33 Å². The average Bonchev–Trinajstić information content (AvgIpc) is 3.12. The third-order valence-electron chi connectivity index (χ3n) is 3.74. The van der Waals surface area contributed by atoms with E-state index in [1.807, 2.05) is 30.8 Å². The van der Waals surface area contributed by atoms with E-state index in [1.54, 1.807) is 0 Å². The number of aromatic amines is 1. The highest BCUT2D eigenvalue weighted by molar-refractivity contribution is 5.95. The van der Waals surface area contributed by atoms with E-state index < -0.39 is 0 Å². The molecule has 3 heterocycles. The van der Waals surface area contributed by atoms with Crippen molar-refractivity contribution in [2.75, 3.05) is 6.61 Å². The molecule has 0 spiro atoms. The number of ether oxygens (including phenoxy) is 1. The van der Waals surface area contributed by atoms with Crippen molar-refractivity contribution in [3.63, 3.8) is 0 Å². The Morgan fingerprint density at radius 3 is 3.10 bits per heavy atom. The molecule has 0 saturated carbocycles. The monoisotopic (exact) mass is 275 g/mol. The van der Waals surface area contributed by atoms with Crippen LogP contribution < -0.4 is 5.32 Å². The van der Waals surface area contributed by atoms with E-state index in [0.29, 0.717) is 18.0 Å². The van der Waals surface area contributed by atoms with E-state index >= 15 is 0 Å². The van der Waals surface area contributed by atoms with Crippen LogP contribution in [0.25, 0.3) is 0 Å². The predicted molar refractivity (Wildman–Crippen MR) is 71.1 cm³/mol. The maximum absolute atomic E-state index is 12.3. The summed E-state index contributed by atoms with van der Waals surface area (Å²) in [6.45, 7) is 2.53. The Balaban J connectivity index is 1.74. The zero-order chi connectivity index (χ0) is 14.1. The van der Waals surface area contributed by atoms with E-state index in [4.69, 9.17) is 4.74 Å². The maximum atomic E-state index is 12.3. The van der Waals surface area contributed by atoms with Gasteiger partial charge in [0, 0.05) is 25.5 Å². The van der Waals surface area contributed by atoms with Crippen LogP contribution in [-0.2, 0) is 11.8 Å². The molecular weight excluding hydrogens is 258 g/mol. The molecule has 0 unspecified atom stereocenters. The Bertz CT molecular complexity index is 604. The van der Waals surface area contributed by atoms with Crippen LogP contribution in [0.3, 0.4) is 0 Å². The predicted octanol–water partition coefficient (Wildman–Crippen LogP) is 0.712. The molecule has 7 nitrogen and oxygen atoms in total. The molecule has 2 aromatic rings. The molecule has 0 aliphatic carbocycles. The minimum absolute atomic E-state index is 0.0804. The van der Waals surface area contributed by atoms with Gasteiger partial charge in [0.2, 0.25) is 0 Å². The number of hydrogen-bond donors (Lipinski definition) is 2. The van der Waals surface area contributed by atoms with Crippen molar-refractivity contribution in [3.05, 3.63) is 35.7 Å². The molecule has 20 heavy (non-hydrogen) atoms. The summed E-state index contributed by atoms with van der Waals surface area (Å²) >= 11 is 0. The Kier molecular flexibility index (Phi) is 3.27. The van der Waals surface area contributed by atoms with Crippen LogP contribution in [0, 0.1) is 6.92 Å². The minimum atomic E-state index is -0.259. The van der Waals surface area contributed by atoms with Gasteiger partial charge in [-0.15, -0.1) is 0 Å². The van der Waals surface area contributed by atoms with Crippen molar-refractivity contribution in [2.45, 2.75) is 25.5 Å². The van der Waals surface area contributed by atoms with E-state index in [2.05, 4.69) is 20.5 Å². The molecule has 0 aromatic carbocycles. The highest BCUT2D eigenvalue weighted by Gasteiger charge is 2.33. The third kappa shape index (κ3) is 2.20. The van der Waals surface area contributed by atoms with Gasteiger partial charge >= 0.3 is 0 Å². The number of hydrogen-bond acceptors (Lipinski definition) is 4. The quantitative estimate of drug-likeness (QED) is 0.864. The number of H-pyrrole nitrogens is 1. The zero-order valence-electron chi connectivity index (χ0n) is 11.5. The van der Waals surface area contributed by atoms with Gasteiger partial charge in [-0.05, 0) is 19.4 Å². The maximum Gasteiger partial charge on any atom is 0.253 e. The van der Waals surface area contributed by atoms with Crippen molar-refractivity contribution in [1.82, 2.24) is 25.1 Å². The molecule has 3 rings (SSSR count). The molecule has 0 radical (unpaired) electrons. The van der Waals surface area contributed by atoms with Gasteiger partial charge in [-0.2, -0.15) is 5.10 Å². The lowest BCUT2D eigenvalue weighted by Gasteiger charge is -2.17. The lowest BCUT2D eigenvalue weighted by atomic mass is 10.1. The van der Waals surface area contributed by atoms with E-state index in [0.717, 1.165) is 12.1 Å². The summed E-state index contributed by atoms with van der Waals surface area (Å²) in [5.74, 6) is 0.570. The lowest BCUT2D eigenvalue weighted by Crippen LogP contribution is -2.37. The number of carbonyl (C=O) groups is 1. The number of amides is 1. The number of aromatic nitrogens is 4. The summed E-state index contributed by atoms with van der Waals surface area (Å²) in [4.78, 5) is 16.4. The molecule has 2 aromatic heterocycles. The van der Waals surface area contributed by atoms with Gasteiger partial charge in [0.1, 0.15) is 12.4 Å². The van der Waals surface area contributed by atoms with Crippen molar-refractivity contribution in [2.24, 2.45) is 7.05 Å². The first kappa shape index (κ1) is 12.9. The largest absolute Gasteiger partial charge is 0.368 e. The Morgan fingerprint density at radius 1 is 1.60 bits per heavy atom. The normalized spacial score (nSPS) is 22.1. The molecule has 1 aliphatic rings. The number of rotatable bonds is 3. The number of nitrogens with one attached hydrogen (secondary N) is 2. The first-order valence-electron chi connectivity index (χ1n) is 6.56. The molecule has 1 amide bonds. The first-order chi connectivity index (χ1) is 9.66. The summed E-state index contributed by atoms with van der Waals surface area (Å²) in [6, 6.07) is 1.74. The fourth-order valence-corrected chi connectivity index (χ4v) is 2.45. The van der Waals surface area contributed by atoms with Crippen LogP contribution in [0.4, 0.5) is 0 Å². The van der Waals surface area contributed by atoms with E-state index in [-0.39, 0.29) is 18.1 Å². The van der Waals surface area contributed by atoms with E-state index in [9.17, 15) is 4.79 Å². The summed E-state index contributed by atoms with van der Waals surface area (Å²) < 4.78 is 7.55. The molecule has 1 fully saturated rings. The van der Waals surface area contributed by atoms with Crippen molar-refractivity contribution >= 4 is 5.91 Å². The summed E-state index contributed by atoms with van der Waals surface area (Å²) in [6.07, 6.45) is 3.83. The Morgan fingerprint density at radius 2 is 2.45 bits per heavy atom. The van der Waals surface area contributed by atoms with Crippen LogP contribution in [0.5, 0.6) is 0 Å². The standard InChI is InChI=1S/C13H17N5O2/c1-8-9(3-5-18(8)2)13(19)16-10-4-6-20-11(10)12-14-7-15-17-12/h3,5,7,10-11H,4,6H2,1-2H3,(H,16,19)(H,14,15,17)/t10-,11+/m0/s1. The van der Waals surface area contributed by atoms with Crippen LogP contribution >= 0.6 is 0 Å². The molecule has 1 aliphatic heterocycles. The fraction of sp³-hybridized carbons (Fsp3) is 0.462. The second kappa shape index (κ2) is 5.09. The molecule has 106 valence electrons. The van der Waals surface area contributed by atoms with Crippen molar-refractivity contribution in [1.29, 1.82) is 0 Å². The number of nitrogens with zero attached hydrogens (tertiary/aromatic N) is 3. The van der Waals surface area contributed by atoms with Gasteiger partial charge in [-0.1, -0.05) is 0 Å². The molecule has 2 N–H and O–H groups in total. The van der Waals surface area contributed by atoms with Gasteiger partial charge in [0.15, 0.2) is 5.82 Å². The highest BCUT2D eigenvalue weighted by Crippen LogP contribution is 2.26. The summed E-state index contributed by atoms with van der Waals surface area (Å²) in [7, 11) is 1.92. The van der Waals surface area contributed by atoms with Gasteiger partial charge in [0.25, 0.3) is 5.91 Å². The minimum Gasteiger partial charge on any atom is -0.368 e. The van der Waals surface area contributed by atoms with Gasteiger partial charge in [-0.3, -0.25) is 9.89 Å². The van der Waals surface area contributed by atoms with Gasteiger partial charge in [-0.25, -0.2) is 4.98 Å². The zero-order valence-corrected chi connectivity index (χ0v) is 11.5. The van der Waals surface area contributed by atoms with Crippen molar-refractivity contribution in [3.8, 4) is 0 Å². The van der Waals surface area contributed by atoms with Crippen LogP contribution in [0.15, 0.2) is 18.6 Å². The average molecular weight is 275 g/mol. The second-order valence-electron chi connectivity index (χ2n) is 4.96. The first-order valence-corrected chi connectivity index (χ1v) is 6.56. The lowest BCUT2D eigenvalue weighted by molar-refractivity contribution is 0.0791. The van der Waals surface area contributed by atoms with Crippen molar-refractivity contribution < 1.29 is 9.53 Å². The smallest absolute Gasteiger partial charge is 0.253 e. The molecule has 2 atom stereocenters. The Labute approximate surface area is 116 Å². The van der Waals surface area contributed by atoms with Crippen LogP contribution in [0.2, 0.25) is 0 Å². The van der Waals surface area contributed by atoms with Gasteiger partial charge < -0.3 is 14.6 Å².